The van der Waals surface area contributed by atoms with Crippen molar-refractivity contribution in [1.29, 1.82) is 0 Å². The minimum absolute atomic E-state index is 0.440. The normalized spacial score (nSPS) is 18.7. The molecule has 1 N–H and O–H groups in total. The molecule has 3 rings (SSSR count). The summed E-state index contributed by atoms with van der Waals surface area (Å²) in [7, 11) is 2.06. The molecule has 21 heavy (non-hydrogen) atoms. The van der Waals surface area contributed by atoms with Gasteiger partial charge in [0.25, 0.3) is 0 Å². The van der Waals surface area contributed by atoms with Crippen LogP contribution in [0.4, 0.5) is 0 Å². The predicted molar refractivity (Wildman–Crippen MR) is 95.0 cm³/mol. The molecule has 1 heterocycles. The van der Waals surface area contributed by atoms with Crippen molar-refractivity contribution in [1.82, 2.24) is 5.32 Å². The second-order valence-corrected chi connectivity index (χ2v) is 6.75. The number of ether oxygens (including phenoxy) is 1. The van der Waals surface area contributed by atoms with Gasteiger partial charge in [-0.05, 0) is 71.8 Å². The lowest BCUT2D eigenvalue weighted by Gasteiger charge is -2.32. The Morgan fingerprint density at radius 1 is 1.19 bits per heavy atom. The molecular weight excluding hydrogens is 373 g/mol. The number of hydrogen-bond donors (Lipinski definition) is 1. The first-order valence-corrected chi connectivity index (χ1v) is 8.49. The van der Waals surface area contributed by atoms with E-state index in [1.165, 1.54) is 14.7 Å². The third-order valence-electron chi connectivity index (χ3n) is 4.23. The Morgan fingerprint density at radius 2 is 1.95 bits per heavy atom. The monoisotopic (exact) mass is 393 g/mol. The molecule has 0 saturated carbocycles. The maximum Gasteiger partial charge on any atom is 0.122 e. The van der Waals surface area contributed by atoms with Gasteiger partial charge in [0.15, 0.2) is 0 Å². The summed E-state index contributed by atoms with van der Waals surface area (Å²) < 4.78 is 7.07. The number of halogens is 1. The van der Waals surface area contributed by atoms with Gasteiger partial charge >= 0.3 is 0 Å². The van der Waals surface area contributed by atoms with Crippen LogP contribution in [-0.2, 0) is 6.42 Å². The fraction of sp³-hybridized carbons (Fsp3) is 0.333. The van der Waals surface area contributed by atoms with Crippen molar-refractivity contribution in [3.8, 4) is 5.75 Å². The highest BCUT2D eigenvalue weighted by atomic mass is 127. The average Bonchev–Trinajstić information content (AvgIpc) is 2.54. The van der Waals surface area contributed by atoms with Crippen molar-refractivity contribution in [2.45, 2.75) is 24.8 Å². The molecular formula is C18H20INO. The minimum atomic E-state index is 0.440. The first-order chi connectivity index (χ1) is 10.3. The lowest BCUT2D eigenvalue weighted by molar-refractivity contribution is 0.247. The van der Waals surface area contributed by atoms with Gasteiger partial charge < -0.3 is 10.1 Å². The highest BCUT2D eigenvalue weighted by Gasteiger charge is 2.27. The Morgan fingerprint density at radius 3 is 2.71 bits per heavy atom. The van der Waals surface area contributed by atoms with Crippen molar-refractivity contribution < 1.29 is 4.74 Å². The quantitative estimate of drug-likeness (QED) is 0.794. The van der Waals surface area contributed by atoms with Gasteiger partial charge in [0, 0.05) is 15.5 Å². The van der Waals surface area contributed by atoms with Crippen molar-refractivity contribution in [2.75, 3.05) is 13.7 Å². The van der Waals surface area contributed by atoms with Crippen LogP contribution in [-0.4, -0.2) is 19.7 Å². The van der Waals surface area contributed by atoms with Gasteiger partial charge in [0.1, 0.15) is 5.75 Å². The van der Waals surface area contributed by atoms with Crippen LogP contribution in [0, 0.1) is 3.57 Å². The lowest BCUT2D eigenvalue weighted by Crippen LogP contribution is -2.36. The van der Waals surface area contributed by atoms with Crippen molar-refractivity contribution in [2.24, 2.45) is 0 Å². The molecule has 1 aliphatic rings. The average molecular weight is 393 g/mol. The molecule has 0 saturated heterocycles. The topological polar surface area (TPSA) is 21.3 Å². The summed E-state index contributed by atoms with van der Waals surface area (Å²) in [5.41, 5.74) is 2.73. The molecule has 2 aromatic rings. The van der Waals surface area contributed by atoms with Crippen molar-refractivity contribution in [3.63, 3.8) is 0 Å². The second kappa shape index (κ2) is 6.79. The van der Waals surface area contributed by atoms with Crippen LogP contribution in [0.2, 0.25) is 0 Å². The van der Waals surface area contributed by atoms with E-state index in [-0.39, 0.29) is 0 Å². The number of nitrogens with one attached hydrogen (secondary N) is 1. The minimum Gasteiger partial charge on any atom is -0.493 e. The largest absolute Gasteiger partial charge is 0.493 e. The van der Waals surface area contributed by atoms with Gasteiger partial charge in [0.2, 0.25) is 0 Å². The Labute approximate surface area is 140 Å². The van der Waals surface area contributed by atoms with E-state index in [1.807, 2.05) is 0 Å². The smallest absolute Gasteiger partial charge is 0.122 e. The highest BCUT2D eigenvalue weighted by Crippen LogP contribution is 2.36. The van der Waals surface area contributed by atoms with Crippen LogP contribution >= 0.6 is 22.6 Å². The van der Waals surface area contributed by atoms with E-state index in [2.05, 4.69) is 83.5 Å². The molecule has 2 atom stereocenters. The molecule has 0 aliphatic carbocycles. The highest BCUT2D eigenvalue weighted by molar-refractivity contribution is 14.1. The number of benzene rings is 2. The third kappa shape index (κ3) is 3.40. The van der Waals surface area contributed by atoms with E-state index in [1.54, 1.807) is 0 Å². The molecule has 0 radical (unpaired) electrons. The molecule has 1 aliphatic heterocycles. The molecule has 2 nitrogen and oxygen atoms in total. The molecule has 2 aromatic carbocycles. The Balaban J connectivity index is 1.82. The Kier molecular flexibility index (Phi) is 4.80. The summed E-state index contributed by atoms with van der Waals surface area (Å²) in [5.74, 6) is 1.57. The van der Waals surface area contributed by atoms with Crippen LogP contribution in [0.15, 0.2) is 48.5 Å². The van der Waals surface area contributed by atoms with Gasteiger partial charge in [-0.3, -0.25) is 0 Å². The molecule has 0 amide bonds. The van der Waals surface area contributed by atoms with Gasteiger partial charge in [-0.15, -0.1) is 0 Å². The zero-order valence-electron chi connectivity index (χ0n) is 12.2. The molecule has 0 spiro atoms. The maximum atomic E-state index is 5.79. The first-order valence-electron chi connectivity index (χ1n) is 7.41. The summed E-state index contributed by atoms with van der Waals surface area (Å²) >= 11 is 2.35. The predicted octanol–water partition coefficient (Wildman–Crippen LogP) is 3.99. The van der Waals surface area contributed by atoms with Gasteiger partial charge in [-0.2, -0.15) is 0 Å². The molecule has 110 valence electrons. The second-order valence-electron chi connectivity index (χ2n) is 5.51. The zero-order chi connectivity index (χ0) is 14.7. The Bertz CT molecular complexity index is 596. The molecule has 3 heteroatoms. The number of likely N-dealkylation sites (N-methyl/N-ethyl adjacent to an activating group) is 1. The van der Waals surface area contributed by atoms with Gasteiger partial charge in [-0.25, -0.2) is 0 Å². The fourth-order valence-electron chi connectivity index (χ4n) is 3.11. The van der Waals surface area contributed by atoms with Crippen molar-refractivity contribution in [3.05, 3.63) is 63.2 Å². The number of fused-ring (bicyclic) bond motifs is 1. The van der Waals surface area contributed by atoms with Crippen LogP contribution in [0.5, 0.6) is 5.75 Å². The van der Waals surface area contributed by atoms with E-state index in [9.17, 15) is 0 Å². The van der Waals surface area contributed by atoms with Crippen LogP contribution in [0.3, 0.4) is 0 Å². The standard InChI is InChI=1S/C18H20INO/c1-20-17(12-13-6-8-14(19)9-7-13)15-10-11-21-18-5-3-2-4-16(15)18/h2-9,15,17,20H,10-12H2,1H3. The van der Waals surface area contributed by atoms with E-state index >= 15 is 0 Å². The summed E-state index contributed by atoms with van der Waals surface area (Å²) in [6, 6.07) is 17.7. The zero-order valence-corrected chi connectivity index (χ0v) is 14.3. The van der Waals surface area contributed by atoms with E-state index in [4.69, 9.17) is 4.74 Å². The molecule has 0 bridgehead atoms. The Hall–Kier alpha value is -1.07. The lowest BCUT2D eigenvalue weighted by atomic mass is 9.84. The SMILES string of the molecule is CNC(Cc1ccc(I)cc1)C1CCOc2ccccc21. The summed E-state index contributed by atoms with van der Waals surface area (Å²) in [5, 5.41) is 3.52. The number of para-hydroxylation sites is 1. The number of hydrogen-bond acceptors (Lipinski definition) is 2. The van der Waals surface area contributed by atoms with Crippen LogP contribution < -0.4 is 10.1 Å². The fourth-order valence-corrected chi connectivity index (χ4v) is 3.47. The van der Waals surface area contributed by atoms with E-state index < -0.39 is 0 Å². The van der Waals surface area contributed by atoms with E-state index in [0.29, 0.717) is 12.0 Å². The third-order valence-corrected chi connectivity index (χ3v) is 4.95. The van der Waals surface area contributed by atoms with Crippen molar-refractivity contribution >= 4 is 22.6 Å². The summed E-state index contributed by atoms with van der Waals surface area (Å²) in [4.78, 5) is 0. The molecule has 2 unspecified atom stereocenters. The first kappa shape index (κ1) is 14.9. The molecule has 0 fully saturated rings. The molecule has 0 aromatic heterocycles. The van der Waals surface area contributed by atoms with E-state index in [0.717, 1.165) is 25.2 Å². The van der Waals surface area contributed by atoms with Crippen LogP contribution in [0.25, 0.3) is 0 Å². The van der Waals surface area contributed by atoms with Gasteiger partial charge in [-0.1, -0.05) is 30.3 Å². The summed E-state index contributed by atoms with van der Waals surface area (Å²) in [6.07, 6.45) is 2.12. The number of rotatable bonds is 4. The van der Waals surface area contributed by atoms with Crippen LogP contribution in [0.1, 0.15) is 23.5 Å². The summed E-state index contributed by atoms with van der Waals surface area (Å²) in [6.45, 7) is 0.812. The van der Waals surface area contributed by atoms with Gasteiger partial charge in [0.05, 0.1) is 6.61 Å². The maximum absolute atomic E-state index is 5.79.